The molecule has 0 atom stereocenters. The molecule has 1 heterocycles. The molecule has 2 N–H and O–H groups in total. The van der Waals surface area contributed by atoms with Crippen LogP contribution in [-0.4, -0.2) is 37.6 Å². The van der Waals surface area contributed by atoms with Crippen molar-refractivity contribution in [2.75, 3.05) is 43.4 Å². The summed E-state index contributed by atoms with van der Waals surface area (Å²) in [5.74, 6) is 0. The molecule has 0 spiro atoms. The van der Waals surface area contributed by atoms with Gasteiger partial charge in [0.15, 0.2) is 0 Å². The van der Waals surface area contributed by atoms with E-state index < -0.39 is 0 Å². The molecule has 100 valence electrons. The first-order valence-corrected chi connectivity index (χ1v) is 7.02. The van der Waals surface area contributed by atoms with Crippen LogP contribution in [0.25, 0.3) is 0 Å². The number of nitrogen functional groups attached to an aromatic ring is 1. The SMILES string of the molecule is CCCN1CCN(c2c(N)cc(C)cc2Cl)CC1. The number of aryl methyl sites for hydroxylation is 1. The van der Waals surface area contributed by atoms with Gasteiger partial charge >= 0.3 is 0 Å². The maximum absolute atomic E-state index is 6.33. The van der Waals surface area contributed by atoms with Gasteiger partial charge < -0.3 is 10.6 Å². The molecule has 0 bridgehead atoms. The van der Waals surface area contributed by atoms with Crippen LogP contribution in [0.1, 0.15) is 18.9 Å². The fourth-order valence-corrected chi connectivity index (χ4v) is 3.01. The minimum absolute atomic E-state index is 0.774. The topological polar surface area (TPSA) is 32.5 Å². The highest BCUT2D eigenvalue weighted by Gasteiger charge is 2.20. The summed E-state index contributed by atoms with van der Waals surface area (Å²) in [6.45, 7) is 9.63. The van der Waals surface area contributed by atoms with Crippen molar-refractivity contribution < 1.29 is 0 Å². The highest BCUT2D eigenvalue weighted by molar-refractivity contribution is 6.34. The van der Waals surface area contributed by atoms with Crippen LogP contribution in [0.15, 0.2) is 12.1 Å². The average molecular weight is 268 g/mol. The minimum Gasteiger partial charge on any atom is -0.397 e. The Morgan fingerprint density at radius 1 is 1.22 bits per heavy atom. The van der Waals surface area contributed by atoms with Gasteiger partial charge in [0.25, 0.3) is 0 Å². The molecule has 0 amide bonds. The largest absolute Gasteiger partial charge is 0.397 e. The maximum atomic E-state index is 6.33. The van der Waals surface area contributed by atoms with Gasteiger partial charge in [-0.3, -0.25) is 4.90 Å². The summed E-state index contributed by atoms with van der Waals surface area (Å²) >= 11 is 6.33. The molecule has 1 aliphatic rings. The van der Waals surface area contributed by atoms with Crippen molar-refractivity contribution in [3.63, 3.8) is 0 Å². The van der Waals surface area contributed by atoms with Gasteiger partial charge in [-0.2, -0.15) is 0 Å². The number of nitrogens with zero attached hydrogens (tertiary/aromatic N) is 2. The Balaban J connectivity index is 2.10. The summed E-state index contributed by atoms with van der Waals surface area (Å²) < 4.78 is 0. The van der Waals surface area contributed by atoms with Crippen LogP contribution < -0.4 is 10.6 Å². The van der Waals surface area contributed by atoms with Gasteiger partial charge in [0, 0.05) is 26.2 Å². The van der Waals surface area contributed by atoms with E-state index in [1.165, 1.54) is 13.0 Å². The van der Waals surface area contributed by atoms with Crippen molar-refractivity contribution in [2.45, 2.75) is 20.3 Å². The third-order valence-electron chi connectivity index (χ3n) is 3.47. The second-order valence-corrected chi connectivity index (χ2v) is 5.42. The summed E-state index contributed by atoms with van der Waals surface area (Å²) in [6, 6.07) is 3.99. The van der Waals surface area contributed by atoms with E-state index in [0.29, 0.717) is 0 Å². The van der Waals surface area contributed by atoms with Crippen molar-refractivity contribution in [2.24, 2.45) is 0 Å². The molecular weight excluding hydrogens is 246 g/mol. The van der Waals surface area contributed by atoms with Crippen LogP contribution in [-0.2, 0) is 0 Å². The lowest BCUT2D eigenvalue weighted by Gasteiger charge is -2.37. The quantitative estimate of drug-likeness (QED) is 0.855. The second kappa shape index (κ2) is 5.81. The Hall–Kier alpha value is -0.930. The number of hydrogen-bond acceptors (Lipinski definition) is 3. The number of halogens is 1. The molecule has 1 aromatic carbocycles. The lowest BCUT2D eigenvalue weighted by molar-refractivity contribution is 0.258. The van der Waals surface area contributed by atoms with Crippen LogP contribution in [0.2, 0.25) is 5.02 Å². The molecule has 0 saturated carbocycles. The molecule has 1 fully saturated rings. The Kier molecular flexibility index (Phi) is 4.36. The number of hydrogen-bond donors (Lipinski definition) is 1. The molecule has 1 saturated heterocycles. The lowest BCUT2D eigenvalue weighted by Crippen LogP contribution is -2.46. The van der Waals surface area contributed by atoms with Gasteiger partial charge in [0.05, 0.1) is 16.4 Å². The summed E-state index contributed by atoms with van der Waals surface area (Å²) in [4.78, 5) is 4.80. The van der Waals surface area contributed by atoms with E-state index >= 15 is 0 Å². The molecule has 0 aliphatic carbocycles. The fraction of sp³-hybridized carbons (Fsp3) is 0.571. The first kappa shape index (κ1) is 13.5. The van der Waals surface area contributed by atoms with Gasteiger partial charge in [0.2, 0.25) is 0 Å². The van der Waals surface area contributed by atoms with E-state index in [-0.39, 0.29) is 0 Å². The molecule has 0 unspecified atom stereocenters. The smallest absolute Gasteiger partial charge is 0.0790 e. The molecule has 4 heteroatoms. The number of nitrogens with two attached hydrogens (primary N) is 1. The van der Waals surface area contributed by atoms with E-state index in [1.54, 1.807) is 0 Å². The second-order valence-electron chi connectivity index (χ2n) is 5.01. The van der Waals surface area contributed by atoms with Crippen LogP contribution in [0.3, 0.4) is 0 Å². The van der Waals surface area contributed by atoms with E-state index in [9.17, 15) is 0 Å². The third kappa shape index (κ3) is 2.90. The zero-order chi connectivity index (χ0) is 13.1. The number of anilines is 2. The monoisotopic (exact) mass is 267 g/mol. The third-order valence-corrected chi connectivity index (χ3v) is 3.75. The van der Waals surface area contributed by atoms with Crippen LogP contribution in [0.5, 0.6) is 0 Å². The molecule has 0 aromatic heterocycles. The van der Waals surface area contributed by atoms with Gasteiger partial charge in [-0.25, -0.2) is 0 Å². The van der Waals surface area contributed by atoms with Crippen molar-refractivity contribution in [3.05, 3.63) is 22.7 Å². The summed E-state index contributed by atoms with van der Waals surface area (Å²) in [5, 5.41) is 0.774. The number of piperazine rings is 1. The van der Waals surface area contributed by atoms with E-state index in [0.717, 1.165) is 48.1 Å². The molecule has 0 radical (unpaired) electrons. The Bertz CT molecular complexity index is 388. The molecule has 1 aliphatic heterocycles. The average Bonchev–Trinajstić information content (AvgIpc) is 2.30. The summed E-state index contributed by atoms with van der Waals surface area (Å²) in [5.41, 5.74) is 9.03. The van der Waals surface area contributed by atoms with Crippen molar-refractivity contribution in [3.8, 4) is 0 Å². The Morgan fingerprint density at radius 3 is 2.44 bits per heavy atom. The fourth-order valence-electron chi connectivity index (χ4n) is 2.61. The molecule has 1 aromatic rings. The number of rotatable bonds is 3. The van der Waals surface area contributed by atoms with E-state index in [1.807, 2.05) is 19.1 Å². The predicted molar refractivity (Wildman–Crippen MR) is 79.5 cm³/mol. The highest BCUT2D eigenvalue weighted by atomic mass is 35.5. The molecule has 3 nitrogen and oxygen atoms in total. The van der Waals surface area contributed by atoms with Gasteiger partial charge in [-0.05, 0) is 37.6 Å². The van der Waals surface area contributed by atoms with Crippen LogP contribution >= 0.6 is 11.6 Å². The standard InChI is InChI=1S/C14H22ClN3/c1-3-4-17-5-7-18(8-6-17)14-12(15)9-11(2)10-13(14)16/h9-10H,3-8,16H2,1-2H3. The van der Waals surface area contributed by atoms with Crippen molar-refractivity contribution in [1.82, 2.24) is 4.90 Å². The van der Waals surface area contributed by atoms with Crippen molar-refractivity contribution in [1.29, 1.82) is 0 Å². The molecule has 2 rings (SSSR count). The van der Waals surface area contributed by atoms with Gasteiger partial charge in [-0.15, -0.1) is 0 Å². The maximum Gasteiger partial charge on any atom is 0.0790 e. The Morgan fingerprint density at radius 2 is 1.89 bits per heavy atom. The molecular formula is C14H22ClN3. The predicted octanol–water partition coefficient (Wildman–Crippen LogP) is 2.76. The zero-order valence-corrected chi connectivity index (χ0v) is 12.0. The highest BCUT2D eigenvalue weighted by Crippen LogP contribution is 2.33. The molecule has 18 heavy (non-hydrogen) atoms. The summed E-state index contributed by atoms with van der Waals surface area (Å²) in [6.07, 6.45) is 1.22. The normalized spacial score (nSPS) is 17.2. The van der Waals surface area contributed by atoms with E-state index in [2.05, 4.69) is 16.7 Å². The first-order chi connectivity index (χ1) is 8.61. The van der Waals surface area contributed by atoms with Gasteiger partial charge in [-0.1, -0.05) is 18.5 Å². The van der Waals surface area contributed by atoms with E-state index in [4.69, 9.17) is 17.3 Å². The lowest BCUT2D eigenvalue weighted by atomic mass is 10.1. The first-order valence-electron chi connectivity index (χ1n) is 6.64. The Labute approximate surface area is 115 Å². The minimum atomic E-state index is 0.774. The summed E-state index contributed by atoms with van der Waals surface area (Å²) in [7, 11) is 0. The van der Waals surface area contributed by atoms with Crippen molar-refractivity contribution >= 4 is 23.0 Å². The zero-order valence-electron chi connectivity index (χ0n) is 11.2. The van der Waals surface area contributed by atoms with Crippen LogP contribution in [0, 0.1) is 6.92 Å². The van der Waals surface area contributed by atoms with Crippen LogP contribution in [0.4, 0.5) is 11.4 Å². The number of benzene rings is 1. The van der Waals surface area contributed by atoms with Gasteiger partial charge in [0.1, 0.15) is 0 Å².